The summed E-state index contributed by atoms with van der Waals surface area (Å²) in [7, 11) is 2.26. The quantitative estimate of drug-likeness (QED) is 0.552. The summed E-state index contributed by atoms with van der Waals surface area (Å²) in [4.78, 5) is 2.52. The highest BCUT2D eigenvalue weighted by Crippen LogP contribution is 2.67. The van der Waals surface area contributed by atoms with Gasteiger partial charge in [-0.05, 0) is 57.3 Å². The maximum Gasteiger partial charge on any atom is 0.166 e. The van der Waals surface area contributed by atoms with E-state index in [1.54, 1.807) is 0 Å². The first kappa shape index (κ1) is 19.4. The highest BCUT2D eigenvalue weighted by atomic mass is 16.5. The maximum atomic E-state index is 11.4. The van der Waals surface area contributed by atoms with Gasteiger partial charge in [0.2, 0.25) is 0 Å². The summed E-state index contributed by atoms with van der Waals surface area (Å²) in [6.45, 7) is 6.18. The average molecular weight is 398 g/mol. The van der Waals surface area contributed by atoms with Gasteiger partial charge in [-0.15, -0.1) is 0 Å². The van der Waals surface area contributed by atoms with Gasteiger partial charge < -0.3 is 19.5 Å². The molecule has 1 fully saturated rings. The topological polar surface area (TPSA) is 41.9 Å². The maximum absolute atomic E-state index is 11.4. The first-order valence-corrected chi connectivity index (χ1v) is 11.6. The van der Waals surface area contributed by atoms with Crippen LogP contribution in [0.3, 0.4) is 0 Å². The standard InChI is InChI=1S/C25H35NO3/c1-4-6-12-25-21(27)11-9-18-19-16-17-8-10-20(28-15-7-5-2)23(29-25)22(17)24(18,25)13-14-26(19)3/h8-11,18-19,21,27H,4-7,12-16H2,1-3H3/t18-,19+,21-,24-,25-/m0/s1. The van der Waals surface area contributed by atoms with Crippen LogP contribution in [0.4, 0.5) is 0 Å². The van der Waals surface area contributed by atoms with Crippen LogP contribution >= 0.6 is 0 Å². The number of rotatable bonds is 7. The fourth-order valence-electron chi connectivity index (χ4n) is 6.73. The third-order valence-corrected chi connectivity index (χ3v) is 8.17. The Kier molecular flexibility index (Phi) is 4.71. The minimum atomic E-state index is -0.573. The van der Waals surface area contributed by atoms with E-state index in [4.69, 9.17) is 9.47 Å². The molecule has 158 valence electrons. The molecular weight excluding hydrogens is 362 g/mol. The van der Waals surface area contributed by atoms with Crippen LogP contribution in [0.1, 0.15) is 63.5 Å². The fraction of sp³-hybridized carbons (Fsp3) is 0.680. The molecule has 4 nitrogen and oxygen atoms in total. The smallest absolute Gasteiger partial charge is 0.166 e. The highest BCUT2D eigenvalue weighted by Gasteiger charge is 2.71. The zero-order valence-corrected chi connectivity index (χ0v) is 18.1. The van der Waals surface area contributed by atoms with Crippen molar-refractivity contribution in [1.82, 2.24) is 4.90 Å². The van der Waals surface area contributed by atoms with Gasteiger partial charge in [0.1, 0.15) is 11.7 Å². The number of ether oxygens (including phenoxy) is 2. The van der Waals surface area contributed by atoms with Crippen molar-refractivity contribution in [2.45, 2.75) is 82.0 Å². The van der Waals surface area contributed by atoms with E-state index >= 15 is 0 Å². The molecule has 2 aliphatic heterocycles. The lowest BCUT2D eigenvalue weighted by molar-refractivity contribution is -0.126. The normalized spacial score (nSPS) is 36.6. The zero-order valence-electron chi connectivity index (χ0n) is 18.1. The SMILES string of the molecule is CCCCOc1ccc2c3c1O[C@@]1(CCCC)[C@@H](O)C=C[C@H]4[C@@H](C2)N(C)CC[C@@]341. The largest absolute Gasteiger partial charge is 0.490 e. The monoisotopic (exact) mass is 397 g/mol. The number of aliphatic hydroxyl groups is 1. The lowest BCUT2D eigenvalue weighted by Crippen LogP contribution is -2.71. The molecule has 4 aliphatic rings. The molecule has 4 heteroatoms. The molecule has 29 heavy (non-hydrogen) atoms. The Morgan fingerprint density at radius 2 is 2.03 bits per heavy atom. The number of unbranched alkanes of at least 4 members (excludes halogenated alkanes) is 2. The molecule has 1 spiro atoms. The second-order valence-corrected chi connectivity index (χ2v) is 9.55. The first-order chi connectivity index (χ1) is 14.1. The molecule has 0 unspecified atom stereocenters. The number of likely N-dealkylation sites (tertiary alicyclic amines) is 1. The fourth-order valence-corrected chi connectivity index (χ4v) is 6.73. The Hall–Kier alpha value is -1.52. The van der Waals surface area contributed by atoms with Gasteiger partial charge in [-0.3, -0.25) is 0 Å². The van der Waals surface area contributed by atoms with Crippen LogP contribution in [0.5, 0.6) is 11.5 Å². The molecule has 0 radical (unpaired) electrons. The van der Waals surface area contributed by atoms with Gasteiger partial charge in [0.15, 0.2) is 11.5 Å². The van der Waals surface area contributed by atoms with Gasteiger partial charge in [0.25, 0.3) is 0 Å². The van der Waals surface area contributed by atoms with Gasteiger partial charge in [0, 0.05) is 17.5 Å². The van der Waals surface area contributed by atoms with Crippen LogP contribution in [0.15, 0.2) is 24.3 Å². The number of likely N-dealkylation sites (N-methyl/N-ethyl adjacent to an activating group) is 1. The van der Waals surface area contributed by atoms with Crippen molar-refractivity contribution >= 4 is 0 Å². The average Bonchev–Trinajstić information content (AvgIpc) is 3.03. The van der Waals surface area contributed by atoms with E-state index in [0.29, 0.717) is 12.0 Å². The molecule has 2 bridgehead atoms. The summed E-state index contributed by atoms with van der Waals surface area (Å²) in [5.41, 5.74) is 2.06. The predicted molar refractivity (Wildman–Crippen MR) is 115 cm³/mol. The second-order valence-electron chi connectivity index (χ2n) is 9.55. The molecule has 1 aromatic carbocycles. The molecule has 0 amide bonds. The Morgan fingerprint density at radius 3 is 2.83 bits per heavy atom. The van der Waals surface area contributed by atoms with Gasteiger partial charge in [-0.1, -0.05) is 44.9 Å². The van der Waals surface area contributed by atoms with E-state index in [0.717, 1.165) is 69.6 Å². The van der Waals surface area contributed by atoms with Crippen LogP contribution in [-0.2, 0) is 11.8 Å². The third-order valence-electron chi connectivity index (χ3n) is 8.17. The lowest BCUT2D eigenvalue weighted by Gasteiger charge is -2.61. The van der Waals surface area contributed by atoms with Crippen LogP contribution in [0.2, 0.25) is 0 Å². The molecular formula is C25H35NO3. The van der Waals surface area contributed by atoms with Gasteiger partial charge in [0.05, 0.1) is 12.0 Å². The summed E-state index contributed by atoms with van der Waals surface area (Å²) >= 11 is 0. The zero-order chi connectivity index (χ0) is 20.2. The van der Waals surface area contributed by atoms with Crippen LogP contribution in [0.25, 0.3) is 0 Å². The molecule has 2 aliphatic carbocycles. The number of nitrogens with zero attached hydrogens (tertiary/aromatic N) is 1. The van der Waals surface area contributed by atoms with Gasteiger partial charge in [-0.2, -0.15) is 0 Å². The van der Waals surface area contributed by atoms with E-state index in [9.17, 15) is 5.11 Å². The first-order valence-electron chi connectivity index (χ1n) is 11.6. The number of benzene rings is 1. The molecule has 2 heterocycles. The summed E-state index contributed by atoms with van der Waals surface area (Å²) in [6, 6.07) is 4.86. The summed E-state index contributed by atoms with van der Waals surface area (Å²) in [6.07, 6.45) is 11.1. The van der Waals surface area contributed by atoms with Crippen molar-refractivity contribution in [1.29, 1.82) is 0 Å². The Morgan fingerprint density at radius 1 is 1.21 bits per heavy atom. The number of hydrogen-bond acceptors (Lipinski definition) is 4. The highest BCUT2D eigenvalue weighted by molar-refractivity contribution is 5.64. The third kappa shape index (κ3) is 2.45. The molecule has 0 saturated carbocycles. The Labute approximate surface area is 174 Å². The van der Waals surface area contributed by atoms with Crippen LogP contribution < -0.4 is 9.47 Å². The minimum Gasteiger partial charge on any atom is -0.490 e. The summed E-state index contributed by atoms with van der Waals surface area (Å²) in [5, 5.41) is 11.4. The van der Waals surface area contributed by atoms with Crippen molar-refractivity contribution in [3.63, 3.8) is 0 Å². The van der Waals surface area contributed by atoms with Crippen molar-refractivity contribution in [2.24, 2.45) is 5.92 Å². The predicted octanol–water partition coefficient (Wildman–Crippen LogP) is 4.23. The van der Waals surface area contributed by atoms with Crippen molar-refractivity contribution < 1.29 is 14.6 Å². The summed E-state index contributed by atoms with van der Waals surface area (Å²) in [5.74, 6) is 2.20. The second kappa shape index (κ2) is 7.02. The molecule has 5 rings (SSSR count). The van der Waals surface area contributed by atoms with E-state index in [2.05, 4.69) is 44.0 Å². The van der Waals surface area contributed by atoms with Crippen molar-refractivity contribution in [2.75, 3.05) is 20.2 Å². The number of hydrogen-bond donors (Lipinski definition) is 1. The van der Waals surface area contributed by atoms with Crippen molar-refractivity contribution in [3.05, 3.63) is 35.4 Å². The molecule has 1 N–H and O–H groups in total. The van der Waals surface area contributed by atoms with E-state index < -0.39 is 11.7 Å². The number of piperidine rings is 1. The summed E-state index contributed by atoms with van der Waals surface area (Å²) < 4.78 is 13.1. The molecule has 1 saturated heterocycles. The minimum absolute atomic E-state index is 0.138. The molecule has 0 aromatic heterocycles. The van der Waals surface area contributed by atoms with E-state index in [1.807, 2.05) is 6.08 Å². The Balaban J connectivity index is 1.70. The van der Waals surface area contributed by atoms with Crippen molar-refractivity contribution in [3.8, 4) is 11.5 Å². The van der Waals surface area contributed by atoms with Gasteiger partial charge >= 0.3 is 0 Å². The van der Waals surface area contributed by atoms with Crippen LogP contribution in [0, 0.1) is 5.92 Å². The van der Waals surface area contributed by atoms with Gasteiger partial charge in [-0.25, -0.2) is 0 Å². The van der Waals surface area contributed by atoms with E-state index in [1.165, 1.54) is 11.1 Å². The Bertz CT molecular complexity index is 821. The number of aliphatic hydroxyl groups excluding tert-OH is 1. The molecule has 1 aromatic rings. The van der Waals surface area contributed by atoms with Crippen LogP contribution in [-0.4, -0.2) is 48.0 Å². The van der Waals surface area contributed by atoms with E-state index in [-0.39, 0.29) is 5.41 Å². The molecule has 5 atom stereocenters. The lowest BCUT2D eigenvalue weighted by atomic mass is 9.48.